The molecule has 4 nitrogen and oxygen atoms in total. The molecule has 38 heavy (non-hydrogen) atoms. The third-order valence-corrected chi connectivity index (χ3v) is 6.78. The number of benzene rings is 3. The summed E-state index contributed by atoms with van der Waals surface area (Å²) in [7, 11) is 0. The van der Waals surface area contributed by atoms with Gasteiger partial charge in [0, 0.05) is 0 Å². The SMILES string of the molecule is CCCCCCCCOc1ccc(OC(=O)c2ccc(-c3ccc(CCCCCC)c(C#N)c3)cc2)cc1. The zero-order valence-electron chi connectivity index (χ0n) is 23.0. The van der Waals surface area contributed by atoms with Gasteiger partial charge in [0.2, 0.25) is 0 Å². The first-order chi connectivity index (χ1) is 18.6. The Kier molecular flexibility index (Phi) is 12.4. The topological polar surface area (TPSA) is 59.3 Å². The van der Waals surface area contributed by atoms with Gasteiger partial charge in [0.1, 0.15) is 11.5 Å². The molecule has 3 aromatic carbocycles. The van der Waals surface area contributed by atoms with E-state index in [9.17, 15) is 10.1 Å². The van der Waals surface area contributed by atoms with Crippen molar-refractivity contribution in [3.05, 3.63) is 83.4 Å². The molecule has 0 aliphatic carbocycles. The zero-order chi connectivity index (χ0) is 27.0. The van der Waals surface area contributed by atoms with Gasteiger partial charge in [-0.05, 0) is 78.4 Å². The van der Waals surface area contributed by atoms with Crippen LogP contribution in [0.25, 0.3) is 11.1 Å². The molecule has 3 aromatic rings. The molecule has 0 aliphatic rings. The van der Waals surface area contributed by atoms with Gasteiger partial charge in [-0.3, -0.25) is 0 Å². The van der Waals surface area contributed by atoms with Crippen LogP contribution in [0.5, 0.6) is 11.5 Å². The fourth-order valence-electron chi connectivity index (χ4n) is 4.46. The van der Waals surface area contributed by atoms with Gasteiger partial charge in [-0.25, -0.2) is 4.79 Å². The number of carbonyl (C=O) groups is 1. The van der Waals surface area contributed by atoms with Crippen molar-refractivity contribution in [3.8, 4) is 28.7 Å². The molecule has 0 fully saturated rings. The highest BCUT2D eigenvalue weighted by Crippen LogP contribution is 2.25. The van der Waals surface area contributed by atoms with E-state index in [0.717, 1.165) is 47.3 Å². The predicted molar refractivity (Wildman–Crippen MR) is 155 cm³/mol. The molecular formula is C34H41NO3. The highest BCUT2D eigenvalue weighted by molar-refractivity contribution is 5.91. The Bertz CT molecular complexity index is 1160. The van der Waals surface area contributed by atoms with E-state index >= 15 is 0 Å². The number of nitriles is 1. The van der Waals surface area contributed by atoms with E-state index in [1.807, 2.05) is 30.3 Å². The van der Waals surface area contributed by atoms with Crippen LogP contribution in [0, 0.1) is 11.3 Å². The normalized spacial score (nSPS) is 10.7. The van der Waals surface area contributed by atoms with Crippen LogP contribution in [-0.4, -0.2) is 12.6 Å². The third kappa shape index (κ3) is 9.38. The van der Waals surface area contributed by atoms with Crippen molar-refractivity contribution in [1.82, 2.24) is 0 Å². The lowest BCUT2D eigenvalue weighted by Gasteiger charge is -2.09. The van der Waals surface area contributed by atoms with Crippen molar-refractivity contribution in [2.45, 2.75) is 84.5 Å². The van der Waals surface area contributed by atoms with Crippen LogP contribution >= 0.6 is 0 Å². The Hall–Kier alpha value is -3.58. The number of aryl methyl sites for hydroxylation is 1. The second kappa shape index (κ2) is 16.3. The van der Waals surface area contributed by atoms with Crippen LogP contribution in [0.2, 0.25) is 0 Å². The average Bonchev–Trinajstić information content (AvgIpc) is 2.96. The number of unbranched alkanes of at least 4 members (excludes halogenated alkanes) is 8. The third-order valence-electron chi connectivity index (χ3n) is 6.78. The fourth-order valence-corrected chi connectivity index (χ4v) is 4.46. The smallest absolute Gasteiger partial charge is 0.343 e. The summed E-state index contributed by atoms with van der Waals surface area (Å²) in [6, 6.07) is 22.9. The van der Waals surface area contributed by atoms with Crippen molar-refractivity contribution in [1.29, 1.82) is 5.26 Å². The summed E-state index contributed by atoms with van der Waals surface area (Å²) in [5, 5.41) is 9.64. The minimum atomic E-state index is -0.405. The summed E-state index contributed by atoms with van der Waals surface area (Å²) in [6.45, 7) is 5.13. The van der Waals surface area contributed by atoms with Gasteiger partial charge in [-0.15, -0.1) is 0 Å². The quantitative estimate of drug-likeness (QED) is 0.109. The van der Waals surface area contributed by atoms with E-state index in [1.165, 1.54) is 51.4 Å². The molecule has 0 heterocycles. The maximum absolute atomic E-state index is 12.7. The molecule has 200 valence electrons. The van der Waals surface area contributed by atoms with Crippen molar-refractivity contribution in [2.75, 3.05) is 6.61 Å². The van der Waals surface area contributed by atoms with Gasteiger partial charge in [-0.1, -0.05) is 89.5 Å². The van der Waals surface area contributed by atoms with Crippen molar-refractivity contribution < 1.29 is 14.3 Å². The largest absolute Gasteiger partial charge is 0.494 e. The van der Waals surface area contributed by atoms with Crippen LogP contribution < -0.4 is 9.47 Å². The molecule has 0 saturated heterocycles. The van der Waals surface area contributed by atoms with Crippen molar-refractivity contribution >= 4 is 5.97 Å². The molecule has 0 spiro atoms. The van der Waals surface area contributed by atoms with E-state index in [4.69, 9.17) is 9.47 Å². The van der Waals surface area contributed by atoms with E-state index in [1.54, 1.807) is 24.3 Å². The van der Waals surface area contributed by atoms with E-state index in [0.29, 0.717) is 17.9 Å². The maximum atomic E-state index is 12.7. The van der Waals surface area contributed by atoms with Crippen LogP contribution in [0.4, 0.5) is 0 Å². The second-order valence-corrected chi connectivity index (χ2v) is 9.85. The van der Waals surface area contributed by atoms with Gasteiger partial charge in [0.25, 0.3) is 0 Å². The summed E-state index contributed by atoms with van der Waals surface area (Å²) in [6.07, 6.45) is 13.0. The molecule has 0 N–H and O–H groups in total. The van der Waals surface area contributed by atoms with Crippen LogP contribution in [0.1, 0.15) is 99.5 Å². The highest BCUT2D eigenvalue weighted by atomic mass is 16.5. The van der Waals surface area contributed by atoms with E-state index < -0.39 is 5.97 Å². The summed E-state index contributed by atoms with van der Waals surface area (Å²) in [4.78, 5) is 12.7. The monoisotopic (exact) mass is 511 g/mol. The van der Waals surface area contributed by atoms with E-state index in [-0.39, 0.29) is 0 Å². The number of carbonyl (C=O) groups excluding carboxylic acids is 1. The second-order valence-electron chi connectivity index (χ2n) is 9.85. The van der Waals surface area contributed by atoms with Crippen molar-refractivity contribution in [2.24, 2.45) is 0 Å². The molecule has 4 heteroatoms. The van der Waals surface area contributed by atoms with Gasteiger partial charge in [0.05, 0.1) is 23.8 Å². The number of nitrogens with zero attached hydrogens (tertiary/aromatic N) is 1. The molecule has 0 atom stereocenters. The zero-order valence-corrected chi connectivity index (χ0v) is 23.0. The average molecular weight is 512 g/mol. The van der Waals surface area contributed by atoms with Crippen molar-refractivity contribution in [3.63, 3.8) is 0 Å². The molecule has 3 rings (SSSR count). The maximum Gasteiger partial charge on any atom is 0.343 e. The first kappa shape index (κ1) is 29.0. The van der Waals surface area contributed by atoms with Crippen LogP contribution in [0.15, 0.2) is 66.7 Å². The first-order valence-corrected chi connectivity index (χ1v) is 14.2. The first-order valence-electron chi connectivity index (χ1n) is 14.2. The molecule has 0 aliphatic heterocycles. The summed E-state index contributed by atoms with van der Waals surface area (Å²) < 4.78 is 11.4. The molecule has 0 radical (unpaired) electrons. The van der Waals surface area contributed by atoms with Gasteiger partial charge < -0.3 is 9.47 Å². The lowest BCUT2D eigenvalue weighted by atomic mass is 9.96. The number of esters is 1. The number of hydrogen-bond donors (Lipinski definition) is 0. The fraction of sp³-hybridized carbons (Fsp3) is 0.412. The summed E-state index contributed by atoms with van der Waals surface area (Å²) in [5.41, 5.74) is 4.23. The van der Waals surface area contributed by atoms with Crippen LogP contribution in [0.3, 0.4) is 0 Å². The standard InChI is InChI=1S/C34H41NO3/c1-3-5-7-9-10-12-24-37-32-20-22-33(23-21-32)38-34(36)29-17-14-28(15-18-29)30-19-16-27(31(25-30)26-35)13-11-8-6-4-2/h14-23,25H,3-13,24H2,1-2H3. The molecule has 0 saturated carbocycles. The highest BCUT2D eigenvalue weighted by Gasteiger charge is 2.11. The summed E-state index contributed by atoms with van der Waals surface area (Å²) in [5.74, 6) is 0.864. The number of rotatable bonds is 16. The van der Waals surface area contributed by atoms with Gasteiger partial charge >= 0.3 is 5.97 Å². The molecule has 0 bridgehead atoms. The number of hydrogen-bond acceptors (Lipinski definition) is 4. The minimum absolute atomic E-state index is 0.405. The lowest BCUT2D eigenvalue weighted by molar-refractivity contribution is 0.0734. The molecular weight excluding hydrogens is 470 g/mol. The predicted octanol–water partition coefficient (Wildman–Crippen LogP) is 9.31. The lowest BCUT2D eigenvalue weighted by Crippen LogP contribution is -2.08. The minimum Gasteiger partial charge on any atom is -0.494 e. The van der Waals surface area contributed by atoms with Crippen LogP contribution in [-0.2, 0) is 6.42 Å². The Morgan fingerprint density at radius 3 is 2.00 bits per heavy atom. The van der Waals surface area contributed by atoms with Gasteiger partial charge in [0.15, 0.2) is 0 Å². The summed E-state index contributed by atoms with van der Waals surface area (Å²) >= 11 is 0. The van der Waals surface area contributed by atoms with E-state index in [2.05, 4.69) is 32.0 Å². The Morgan fingerprint density at radius 1 is 0.711 bits per heavy atom. The Labute approximate surface area is 228 Å². The molecule has 0 unspecified atom stereocenters. The Balaban J connectivity index is 1.51. The number of ether oxygens (including phenoxy) is 2. The molecule has 0 aromatic heterocycles. The van der Waals surface area contributed by atoms with Gasteiger partial charge in [-0.2, -0.15) is 5.26 Å². The Morgan fingerprint density at radius 2 is 1.32 bits per heavy atom. The molecule has 0 amide bonds.